The molecular weight excluding hydrogens is 370 g/mol. The molecule has 1 atom stereocenters. The lowest BCUT2D eigenvalue weighted by atomic mass is 10.1. The number of sulfonamides is 1. The fourth-order valence-corrected chi connectivity index (χ4v) is 3.82. The van der Waals surface area contributed by atoms with E-state index in [-0.39, 0.29) is 11.4 Å². The molecule has 132 valence electrons. The molecule has 0 unspecified atom stereocenters. The molecule has 0 aliphatic rings. The Balaban J connectivity index is 2.33. The molecule has 9 heteroatoms. The second-order valence-electron chi connectivity index (χ2n) is 5.12. The number of nitrogens with one attached hydrogen (secondary N) is 1. The maximum atomic E-state index is 12.4. The van der Waals surface area contributed by atoms with Crippen LogP contribution >= 0.6 is 11.6 Å². The van der Waals surface area contributed by atoms with E-state index in [4.69, 9.17) is 11.6 Å². The first-order valence-corrected chi connectivity index (χ1v) is 8.85. The van der Waals surface area contributed by atoms with Crippen LogP contribution in [0, 0.1) is 0 Å². The van der Waals surface area contributed by atoms with Gasteiger partial charge in [-0.25, -0.2) is 13.1 Å². The van der Waals surface area contributed by atoms with E-state index in [0.29, 0.717) is 5.56 Å². The van der Waals surface area contributed by atoms with Crippen molar-refractivity contribution in [2.75, 3.05) is 0 Å². The van der Waals surface area contributed by atoms with E-state index >= 15 is 0 Å². The van der Waals surface area contributed by atoms with E-state index in [1.54, 1.807) is 30.3 Å². The molecule has 2 aromatic rings. The Morgan fingerprint density at radius 1 is 1.08 bits per heavy atom. The van der Waals surface area contributed by atoms with Gasteiger partial charge in [0, 0.05) is 0 Å². The van der Waals surface area contributed by atoms with Crippen molar-refractivity contribution in [3.63, 3.8) is 0 Å². The Kier molecular flexibility index (Phi) is 5.78. The smallest absolute Gasteiger partial charge is 0.242 e. The number of carbonyl (C=O) groups is 2. The number of aromatic carboxylic acids is 1. The van der Waals surface area contributed by atoms with E-state index in [1.165, 1.54) is 0 Å². The first-order valence-electron chi connectivity index (χ1n) is 6.98. The van der Waals surface area contributed by atoms with Crippen molar-refractivity contribution in [2.24, 2.45) is 0 Å². The third-order valence-electron chi connectivity index (χ3n) is 3.32. The molecule has 0 heterocycles. The van der Waals surface area contributed by atoms with Crippen LogP contribution in [-0.4, -0.2) is 26.4 Å². The SMILES string of the molecule is O=C([O-])c1ccc(Cl)c(S(=O)(=O)N[C@@H](Cc2ccccc2)C(=O)[O-])c1. The summed E-state index contributed by atoms with van der Waals surface area (Å²) in [5, 5.41) is 21.9. The van der Waals surface area contributed by atoms with Crippen molar-refractivity contribution in [1.82, 2.24) is 4.72 Å². The van der Waals surface area contributed by atoms with Crippen molar-refractivity contribution in [2.45, 2.75) is 17.4 Å². The van der Waals surface area contributed by atoms with Gasteiger partial charge in [-0.1, -0.05) is 48.0 Å². The van der Waals surface area contributed by atoms with Crippen LogP contribution in [0.2, 0.25) is 5.02 Å². The largest absolute Gasteiger partial charge is 0.548 e. The number of rotatable bonds is 7. The normalized spacial score (nSPS) is 12.5. The molecule has 0 radical (unpaired) electrons. The van der Waals surface area contributed by atoms with Crippen LogP contribution in [0.3, 0.4) is 0 Å². The minimum Gasteiger partial charge on any atom is -0.548 e. The Morgan fingerprint density at radius 3 is 2.28 bits per heavy atom. The second kappa shape index (κ2) is 7.64. The summed E-state index contributed by atoms with van der Waals surface area (Å²) < 4.78 is 26.8. The number of carboxylic acid groups (broad SMARTS) is 2. The van der Waals surface area contributed by atoms with Gasteiger partial charge in [0.25, 0.3) is 0 Å². The third kappa shape index (κ3) is 4.79. The Labute approximate surface area is 148 Å². The van der Waals surface area contributed by atoms with Gasteiger partial charge in [0.1, 0.15) is 4.90 Å². The van der Waals surface area contributed by atoms with E-state index in [2.05, 4.69) is 0 Å². The van der Waals surface area contributed by atoms with E-state index in [9.17, 15) is 28.2 Å². The Hall–Kier alpha value is -2.42. The topological polar surface area (TPSA) is 126 Å². The van der Waals surface area contributed by atoms with Crippen molar-refractivity contribution >= 4 is 33.6 Å². The summed E-state index contributed by atoms with van der Waals surface area (Å²) in [6.45, 7) is 0. The highest BCUT2D eigenvalue weighted by Gasteiger charge is 2.24. The van der Waals surface area contributed by atoms with Crippen LogP contribution in [0.5, 0.6) is 0 Å². The van der Waals surface area contributed by atoms with Crippen molar-refractivity contribution in [1.29, 1.82) is 0 Å². The summed E-state index contributed by atoms with van der Waals surface area (Å²) >= 11 is 5.81. The Bertz CT molecular complexity index is 898. The summed E-state index contributed by atoms with van der Waals surface area (Å²) in [6.07, 6.45) is -0.153. The van der Waals surface area contributed by atoms with Gasteiger partial charge in [0.15, 0.2) is 0 Å². The van der Waals surface area contributed by atoms with Crippen LogP contribution in [0.4, 0.5) is 0 Å². The molecule has 25 heavy (non-hydrogen) atoms. The standard InChI is InChI=1S/C16H14ClNO6S/c17-12-7-6-11(15(19)20)9-14(12)25(23,24)18-13(16(21)22)8-10-4-2-1-3-5-10/h1-7,9,13,18H,8H2,(H,19,20)(H,21,22)/p-2/t13-/m0/s1. The minimum absolute atomic E-state index is 0.153. The predicted octanol–water partition coefficient (Wildman–Crippen LogP) is -0.657. The molecule has 2 aromatic carbocycles. The van der Waals surface area contributed by atoms with E-state index < -0.39 is 38.5 Å². The molecule has 0 fully saturated rings. The van der Waals surface area contributed by atoms with Gasteiger partial charge in [-0.15, -0.1) is 0 Å². The molecule has 1 N–H and O–H groups in total. The number of hydrogen-bond acceptors (Lipinski definition) is 6. The molecule has 0 aromatic heterocycles. The average molecular weight is 382 g/mol. The zero-order valence-corrected chi connectivity index (χ0v) is 14.2. The molecular formula is C16H12ClNO6S-2. The van der Waals surface area contributed by atoms with Crippen molar-refractivity contribution in [3.8, 4) is 0 Å². The zero-order chi connectivity index (χ0) is 18.6. The van der Waals surface area contributed by atoms with Crippen molar-refractivity contribution < 1.29 is 28.2 Å². The number of hydrogen-bond donors (Lipinski definition) is 1. The average Bonchev–Trinajstić information content (AvgIpc) is 2.55. The Morgan fingerprint density at radius 2 is 1.72 bits per heavy atom. The van der Waals surface area contributed by atoms with Gasteiger partial charge < -0.3 is 19.8 Å². The van der Waals surface area contributed by atoms with Crippen LogP contribution < -0.4 is 14.9 Å². The maximum absolute atomic E-state index is 12.4. The first-order chi connectivity index (χ1) is 11.7. The van der Waals surface area contributed by atoms with Gasteiger partial charge in [-0.3, -0.25) is 0 Å². The molecule has 7 nitrogen and oxygen atoms in total. The lowest BCUT2D eigenvalue weighted by Gasteiger charge is -2.20. The highest BCUT2D eigenvalue weighted by Crippen LogP contribution is 2.23. The number of carboxylic acids is 2. The highest BCUT2D eigenvalue weighted by molar-refractivity contribution is 7.89. The maximum Gasteiger partial charge on any atom is 0.242 e. The summed E-state index contributed by atoms with van der Waals surface area (Å²) in [5.74, 6) is -3.21. The second-order valence-corrected chi connectivity index (χ2v) is 7.20. The van der Waals surface area contributed by atoms with Crippen LogP contribution in [0.15, 0.2) is 53.4 Å². The van der Waals surface area contributed by atoms with Crippen LogP contribution in [-0.2, 0) is 21.2 Å². The van der Waals surface area contributed by atoms with Crippen molar-refractivity contribution in [3.05, 3.63) is 64.7 Å². The number of aliphatic carboxylic acids is 1. The number of halogens is 1. The van der Waals surface area contributed by atoms with E-state index in [0.717, 1.165) is 18.2 Å². The summed E-state index contributed by atoms with van der Waals surface area (Å²) in [7, 11) is -4.41. The minimum atomic E-state index is -4.41. The third-order valence-corrected chi connectivity index (χ3v) is 5.27. The van der Waals surface area contributed by atoms with Crippen LogP contribution in [0.25, 0.3) is 0 Å². The number of benzene rings is 2. The molecule has 0 saturated carbocycles. The number of carbonyl (C=O) groups excluding carboxylic acids is 2. The summed E-state index contributed by atoms with van der Waals surface area (Å²) in [6, 6.07) is 9.75. The molecule has 0 aliphatic carbocycles. The predicted molar refractivity (Wildman–Crippen MR) is 85.0 cm³/mol. The zero-order valence-electron chi connectivity index (χ0n) is 12.6. The van der Waals surface area contributed by atoms with E-state index in [1.807, 2.05) is 4.72 Å². The van der Waals surface area contributed by atoms with Gasteiger partial charge in [0.2, 0.25) is 10.0 Å². The van der Waals surface area contributed by atoms with Crippen LogP contribution in [0.1, 0.15) is 15.9 Å². The summed E-state index contributed by atoms with van der Waals surface area (Å²) in [4.78, 5) is 21.6. The first kappa shape index (κ1) is 18.9. The monoisotopic (exact) mass is 381 g/mol. The molecule has 0 saturated heterocycles. The lowest BCUT2D eigenvalue weighted by Crippen LogP contribution is -2.49. The fourth-order valence-electron chi connectivity index (χ4n) is 2.11. The lowest BCUT2D eigenvalue weighted by molar-refractivity contribution is -0.308. The molecule has 0 spiro atoms. The van der Waals surface area contributed by atoms with Gasteiger partial charge >= 0.3 is 0 Å². The summed E-state index contributed by atoms with van der Waals surface area (Å²) in [5.41, 5.74) is 0.173. The van der Waals surface area contributed by atoms with Gasteiger partial charge in [-0.2, -0.15) is 0 Å². The fraction of sp³-hybridized carbons (Fsp3) is 0.125. The quantitative estimate of drug-likeness (QED) is 0.678. The molecule has 0 aliphatic heterocycles. The van der Waals surface area contributed by atoms with Gasteiger partial charge in [-0.05, 0) is 29.7 Å². The molecule has 0 bridgehead atoms. The molecule has 2 rings (SSSR count). The highest BCUT2D eigenvalue weighted by atomic mass is 35.5. The van der Waals surface area contributed by atoms with Gasteiger partial charge in [0.05, 0.1) is 23.0 Å². The molecule has 0 amide bonds.